The van der Waals surface area contributed by atoms with Crippen LogP contribution in [0.5, 0.6) is 0 Å². The lowest BCUT2D eigenvalue weighted by molar-refractivity contribution is -0.385. The number of aryl methyl sites for hydroxylation is 1. The quantitative estimate of drug-likeness (QED) is 0.682. The molecule has 0 atom stereocenters. The molecule has 1 heterocycles. The maximum Gasteiger partial charge on any atom is 0.335 e. The molecule has 0 radical (unpaired) electrons. The average molecular weight is 288 g/mol. The molecule has 1 N–H and O–H groups in total. The molecule has 108 valence electrons. The standard InChI is InChI=1S/C14H12N2O5/c1-9-5-13(17)15(8-12(9)16(20)21)7-10-3-2-4-11(6-10)14(18)19/h2-6,8H,7H2,1H3,(H,18,19). The summed E-state index contributed by atoms with van der Waals surface area (Å²) in [6, 6.07) is 7.28. The number of carbonyl (C=O) groups is 1. The summed E-state index contributed by atoms with van der Waals surface area (Å²) in [4.78, 5) is 33.1. The van der Waals surface area contributed by atoms with Gasteiger partial charge in [0, 0.05) is 11.6 Å². The van der Waals surface area contributed by atoms with E-state index in [4.69, 9.17) is 5.11 Å². The highest BCUT2D eigenvalue weighted by Crippen LogP contribution is 2.15. The SMILES string of the molecule is Cc1cc(=O)n(Cc2cccc(C(=O)O)c2)cc1[N+](=O)[O-]. The Bertz CT molecular complexity index is 779. The summed E-state index contributed by atoms with van der Waals surface area (Å²) in [7, 11) is 0. The van der Waals surface area contributed by atoms with Crippen molar-refractivity contribution in [2.45, 2.75) is 13.5 Å². The second-order valence-corrected chi connectivity index (χ2v) is 4.57. The summed E-state index contributed by atoms with van der Waals surface area (Å²) >= 11 is 0. The number of nitrogens with zero attached hydrogens (tertiary/aromatic N) is 2. The number of hydrogen-bond acceptors (Lipinski definition) is 4. The molecule has 7 heteroatoms. The summed E-state index contributed by atoms with van der Waals surface area (Å²) in [6.45, 7) is 1.57. The van der Waals surface area contributed by atoms with Gasteiger partial charge in [0.1, 0.15) is 0 Å². The molecule has 0 saturated carbocycles. The van der Waals surface area contributed by atoms with Crippen LogP contribution in [0.4, 0.5) is 5.69 Å². The zero-order valence-corrected chi connectivity index (χ0v) is 11.1. The van der Waals surface area contributed by atoms with E-state index in [1.165, 1.54) is 35.9 Å². The largest absolute Gasteiger partial charge is 0.478 e. The van der Waals surface area contributed by atoms with Crippen LogP contribution < -0.4 is 5.56 Å². The zero-order valence-electron chi connectivity index (χ0n) is 11.1. The van der Waals surface area contributed by atoms with Gasteiger partial charge in [0.2, 0.25) is 0 Å². The van der Waals surface area contributed by atoms with E-state index < -0.39 is 10.9 Å². The van der Waals surface area contributed by atoms with Gasteiger partial charge in [-0.1, -0.05) is 12.1 Å². The van der Waals surface area contributed by atoms with Crippen LogP contribution in [-0.4, -0.2) is 20.6 Å². The molecule has 0 aliphatic rings. The Morgan fingerprint density at radius 1 is 1.38 bits per heavy atom. The molecule has 0 unspecified atom stereocenters. The van der Waals surface area contributed by atoms with Crippen molar-refractivity contribution in [1.29, 1.82) is 0 Å². The minimum Gasteiger partial charge on any atom is -0.478 e. The van der Waals surface area contributed by atoms with Gasteiger partial charge in [-0.25, -0.2) is 4.79 Å². The number of pyridine rings is 1. The second-order valence-electron chi connectivity index (χ2n) is 4.57. The predicted molar refractivity (Wildman–Crippen MR) is 74.6 cm³/mol. The summed E-state index contributed by atoms with van der Waals surface area (Å²) in [6.07, 6.45) is 1.17. The number of aromatic nitrogens is 1. The first kappa shape index (κ1) is 14.4. The van der Waals surface area contributed by atoms with Crippen LogP contribution in [0.3, 0.4) is 0 Å². The number of nitro groups is 1. The molecule has 1 aromatic heterocycles. The summed E-state index contributed by atoms with van der Waals surface area (Å²) in [5, 5.41) is 19.8. The Hall–Kier alpha value is -2.96. The van der Waals surface area contributed by atoms with Gasteiger partial charge < -0.3 is 9.67 Å². The number of carboxylic acids is 1. The Balaban J connectivity index is 2.42. The minimum atomic E-state index is -1.07. The number of benzene rings is 1. The summed E-state index contributed by atoms with van der Waals surface area (Å²) in [5.41, 5.74) is 0.445. The van der Waals surface area contributed by atoms with Crippen molar-refractivity contribution >= 4 is 11.7 Å². The Labute approximate surface area is 119 Å². The van der Waals surface area contributed by atoms with E-state index in [9.17, 15) is 19.7 Å². The molecule has 0 aliphatic carbocycles. The first-order valence-corrected chi connectivity index (χ1v) is 6.06. The average Bonchev–Trinajstić information content (AvgIpc) is 2.41. The van der Waals surface area contributed by atoms with Gasteiger partial charge in [0.15, 0.2) is 0 Å². The predicted octanol–water partition coefficient (Wildman–Crippen LogP) is 1.81. The smallest absolute Gasteiger partial charge is 0.335 e. The van der Waals surface area contributed by atoms with E-state index in [1.54, 1.807) is 12.1 Å². The lowest BCUT2D eigenvalue weighted by Gasteiger charge is -2.07. The van der Waals surface area contributed by atoms with Crippen LogP contribution >= 0.6 is 0 Å². The molecule has 2 aromatic rings. The third-order valence-corrected chi connectivity index (χ3v) is 3.03. The summed E-state index contributed by atoms with van der Waals surface area (Å²) < 4.78 is 1.19. The molecule has 21 heavy (non-hydrogen) atoms. The molecule has 0 spiro atoms. The zero-order chi connectivity index (χ0) is 15.6. The van der Waals surface area contributed by atoms with Crippen molar-refractivity contribution < 1.29 is 14.8 Å². The third-order valence-electron chi connectivity index (χ3n) is 3.03. The van der Waals surface area contributed by atoms with Crippen LogP contribution in [0, 0.1) is 17.0 Å². The van der Waals surface area contributed by atoms with E-state index in [-0.39, 0.29) is 23.4 Å². The highest BCUT2D eigenvalue weighted by Gasteiger charge is 2.13. The fourth-order valence-electron chi connectivity index (χ4n) is 1.97. The Kier molecular flexibility index (Phi) is 3.84. The normalized spacial score (nSPS) is 10.3. The number of rotatable bonds is 4. The van der Waals surface area contributed by atoms with Crippen molar-refractivity contribution in [1.82, 2.24) is 4.57 Å². The van der Waals surface area contributed by atoms with E-state index in [1.807, 2.05) is 0 Å². The lowest BCUT2D eigenvalue weighted by atomic mass is 10.1. The van der Waals surface area contributed by atoms with Gasteiger partial charge in [0.25, 0.3) is 11.2 Å². The van der Waals surface area contributed by atoms with Gasteiger partial charge >= 0.3 is 5.97 Å². The molecule has 0 aliphatic heterocycles. The van der Waals surface area contributed by atoms with Crippen molar-refractivity contribution in [2.75, 3.05) is 0 Å². The molecular formula is C14H12N2O5. The molecule has 0 amide bonds. The number of hydrogen-bond donors (Lipinski definition) is 1. The molecule has 0 fully saturated rings. The molecule has 0 bridgehead atoms. The molecule has 1 aromatic carbocycles. The van der Waals surface area contributed by atoms with Crippen molar-refractivity contribution in [3.05, 3.63) is 73.7 Å². The topological polar surface area (TPSA) is 102 Å². The highest BCUT2D eigenvalue weighted by atomic mass is 16.6. The van der Waals surface area contributed by atoms with Crippen molar-refractivity contribution in [3.63, 3.8) is 0 Å². The van der Waals surface area contributed by atoms with Gasteiger partial charge in [-0.15, -0.1) is 0 Å². The van der Waals surface area contributed by atoms with Crippen LogP contribution in [0.2, 0.25) is 0 Å². The van der Waals surface area contributed by atoms with Crippen LogP contribution in [0.25, 0.3) is 0 Å². The molecule has 7 nitrogen and oxygen atoms in total. The fraction of sp³-hybridized carbons (Fsp3) is 0.143. The van der Waals surface area contributed by atoms with Crippen LogP contribution in [-0.2, 0) is 6.54 Å². The second kappa shape index (κ2) is 5.58. The minimum absolute atomic E-state index is 0.0705. The van der Waals surface area contributed by atoms with E-state index in [2.05, 4.69) is 0 Å². The van der Waals surface area contributed by atoms with Crippen LogP contribution in [0.15, 0.2) is 41.3 Å². The van der Waals surface area contributed by atoms with E-state index in [0.717, 1.165) is 0 Å². The first-order valence-electron chi connectivity index (χ1n) is 6.06. The van der Waals surface area contributed by atoms with E-state index >= 15 is 0 Å². The number of aromatic carboxylic acids is 1. The van der Waals surface area contributed by atoms with Crippen molar-refractivity contribution in [2.24, 2.45) is 0 Å². The van der Waals surface area contributed by atoms with Crippen LogP contribution in [0.1, 0.15) is 21.5 Å². The van der Waals surface area contributed by atoms with Gasteiger partial charge in [-0.2, -0.15) is 0 Å². The maximum atomic E-state index is 11.9. The number of carboxylic acid groups (broad SMARTS) is 1. The monoisotopic (exact) mass is 288 g/mol. The van der Waals surface area contributed by atoms with Gasteiger partial charge in [-0.05, 0) is 24.6 Å². The van der Waals surface area contributed by atoms with Gasteiger partial charge in [-0.3, -0.25) is 14.9 Å². The Morgan fingerprint density at radius 2 is 2.10 bits per heavy atom. The summed E-state index contributed by atoms with van der Waals surface area (Å²) in [5.74, 6) is -1.07. The van der Waals surface area contributed by atoms with Gasteiger partial charge in [0.05, 0.1) is 23.2 Å². The molecule has 0 saturated heterocycles. The lowest BCUT2D eigenvalue weighted by Crippen LogP contribution is -2.20. The molecule has 2 rings (SSSR count). The highest BCUT2D eigenvalue weighted by molar-refractivity contribution is 5.87. The van der Waals surface area contributed by atoms with Crippen molar-refractivity contribution in [3.8, 4) is 0 Å². The fourth-order valence-corrected chi connectivity index (χ4v) is 1.97. The Morgan fingerprint density at radius 3 is 2.71 bits per heavy atom. The maximum absolute atomic E-state index is 11.9. The molecular weight excluding hydrogens is 276 g/mol. The third kappa shape index (κ3) is 3.14. The first-order chi connectivity index (χ1) is 9.88. The van der Waals surface area contributed by atoms with E-state index in [0.29, 0.717) is 11.1 Å².